The van der Waals surface area contributed by atoms with E-state index >= 15 is 0 Å². The van der Waals surface area contributed by atoms with Crippen molar-refractivity contribution in [3.63, 3.8) is 0 Å². The topological polar surface area (TPSA) is 47.6 Å². The normalized spacial score (nSPS) is 10.3. The number of anilines is 1. The van der Waals surface area contributed by atoms with E-state index in [1.165, 1.54) is 19.2 Å². The van der Waals surface area contributed by atoms with Crippen molar-refractivity contribution >= 4 is 27.7 Å². The molecule has 0 heterocycles. The first kappa shape index (κ1) is 17.3. The quantitative estimate of drug-likeness (QED) is 0.813. The second kappa shape index (κ2) is 7.46. The molecule has 0 aliphatic rings. The van der Waals surface area contributed by atoms with Gasteiger partial charge in [-0.05, 0) is 65.2 Å². The summed E-state index contributed by atoms with van der Waals surface area (Å²) in [4.78, 5) is 11.4. The van der Waals surface area contributed by atoms with E-state index < -0.39 is 11.9 Å². The molecule has 122 valence electrons. The lowest BCUT2D eigenvalue weighted by atomic mass is 10.1. The molecule has 23 heavy (non-hydrogen) atoms. The Hall–Kier alpha value is -2.08. The number of carbonyl (C=O) groups excluding carboxylic acids is 1. The van der Waals surface area contributed by atoms with Crippen LogP contribution in [0, 0.1) is 19.7 Å². The molecule has 0 spiro atoms. The summed E-state index contributed by atoms with van der Waals surface area (Å²) in [5.41, 5.74) is 2.77. The zero-order chi connectivity index (χ0) is 17.0. The van der Waals surface area contributed by atoms with Crippen LogP contribution in [0.4, 0.5) is 14.9 Å². The molecule has 1 N–H and O–H groups in total. The van der Waals surface area contributed by atoms with Gasteiger partial charge in [-0.1, -0.05) is 6.07 Å². The molecule has 2 rings (SSSR count). The van der Waals surface area contributed by atoms with Gasteiger partial charge in [-0.25, -0.2) is 9.18 Å². The Labute approximate surface area is 142 Å². The van der Waals surface area contributed by atoms with E-state index in [-0.39, 0.29) is 12.2 Å². The minimum atomic E-state index is -0.663. The average molecular weight is 382 g/mol. The summed E-state index contributed by atoms with van der Waals surface area (Å²) in [6, 6.07) is 8.24. The molecule has 0 atom stereocenters. The molecule has 4 nitrogen and oxygen atoms in total. The lowest BCUT2D eigenvalue weighted by molar-refractivity contribution is 0.187. The maximum absolute atomic E-state index is 14.1. The van der Waals surface area contributed by atoms with Crippen LogP contribution in [0.3, 0.4) is 0 Å². The van der Waals surface area contributed by atoms with Crippen molar-refractivity contribution in [1.29, 1.82) is 0 Å². The molecule has 2 aromatic rings. The molecule has 0 aliphatic heterocycles. The standard InChI is InChI=1S/C17H17BrFNO3/c1-10-7-13(18)16(8-11(10)2)23-9-12-14(19)5-4-6-15(12)20-17(21)22-3/h4-8H,9H2,1-3H3,(H,20,21). The summed E-state index contributed by atoms with van der Waals surface area (Å²) in [6.07, 6.45) is -0.663. The highest BCUT2D eigenvalue weighted by atomic mass is 79.9. The lowest BCUT2D eigenvalue weighted by Crippen LogP contribution is -2.14. The van der Waals surface area contributed by atoms with Crippen molar-refractivity contribution in [3.05, 3.63) is 57.3 Å². The summed E-state index contributed by atoms with van der Waals surface area (Å²) in [5.74, 6) is 0.152. The third-order valence-electron chi connectivity index (χ3n) is 3.46. The molecular weight excluding hydrogens is 365 g/mol. The predicted octanol–water partition coefficient (Wildman–Crippen LogP) is 4.96. The van der Waals surface area contributed by atoms with Crippen molar-refractivity contribution in [3.8, 4) is 5.75 Å². The number of hydrogen-bond donors (Lipinski definition) is 1. The largest absolute Gasteiger partial charge is 0.488 e. The maximum atomic E-state index is 14.1. The van der Waals surface area contributed by atoms with E-state index in [1.807, 2.05) is 26.0 Å². The lowest BCUT2D eigenvalue weighted by Gasteiger charge is -2.14. The molecule has 0 bridgehead atoms. The number of aryl methyl sites for hydroxylation is 2. The van der Waals surface area contributed by atoms with Gasteiger partial charge in [-0.2, -0.15) is 0 Å². The summed E-state index contributed by atoms with van der Waals surface area (Å²) < 4.78 is 25.1. The van der Waals surface area contributed by atoms with Gasteiger partial charge in [0.2, 0.25) is 0 Å². The number of rotatable bonds is 4. The Bertz CT molecular complexity index is 734. The second-order valence-electron chi connectivity index (χ2n) is 5.04. The molecular formula is C17H17BrFNO3. The summed E-state index contributed by atoms with van der Waals surface area (Å²) in [6.45, 7) is 3.95. The molecule has 6 heteroatoms. The minimum absolute atomic E-state index is 0.0207. The van der Waals surface area contributed by atoms with E-state index in [9.17, 15) is 9.18 Å². The molecule has 0 saturated heterocycles. The van der Waals surface area contributed by atoms with Crippen molar-refractivity contribution in [2.45, 2.75) is 20.5 Å². The van der Waals surface area contributed by atoms with Crippen molar-refractivity contribution in [2.24, 2.45) is 0 Å². The van der Waals surface area contributed by atoms with E-state index in [4.69, 9.17) is 4.74 Å². The average Bonchev–Trinajstić information content (AvgIpc) is 2.51. The van der Waals surface area contributed by atoms with Crippen LogP contribution < -0.4 is 10.1 Å². The van der Waals surface area contributed by atoms with Crippen LogP contribution in [-0.2, 0) is 11.3 Å². The molecule has 0 fully saturated rings. The number of benzene rings is 2. The first-order valence-electron chi connectivity index (χ1n) is 6.94. The first-order chi connectivity index (χ1) is 10.9. The molecule has 0 unspecified atom stereocenters. The van der Waals surface area contributed by atoms with Gasteiger partial charge in [0.15, 0.2) is 0 Å². The molecule has 0 saturated carbocycles. The Kier molecular flexibility index (Phi) is 5.60. The highest BCUT2D eigenvalue weighted by Gasteiger charge is 2.13. The molecule has 0 radical (unpaired) electrons. The van der Waals surface area contributed by atoms with Crippen LogP contribution in [0.1, 0.15) is 16.7 Å². The zero-order valence-corrected chi connectivity index (χ0v) is 14.7. The van der Waals surface area contributed by atoms with Gasteiger partial charge in [0.1, 0.15) is 18.2 Å². The third-order valence-corrected chi connectivity index (χ3v) is 4.08. The second-order valence-corrected chi connectivity index (χ2v) is 5.89. The zero-order valence-electron chi connectivity index (χ0n) is 13.1. The number of halogens is 2. The molecule has 0 aliphatic carbocycles. The summed E-state index contributed by atoms with van der Waals surface area (Å²) in [5, 5.41) is 2.48. The maximum Gasteiger partial charge on any atom is 0.411 e. The van der Waals surface area contributed by atoms with Crippen LogP contribution >= 0.6 is 15.9 Å². The van der Waals surface area contributed by atoms with Crippen LogP contribution in [0.2, 0.25) is 0 Å². The van der Waals surface area contributed by atoms with Crippen molar-refractivity contribution in [1.82, 2.24) is 0 Å². The fourth-order valence-electron chi connectivity index (χ4n) is 2.00. The van der Waals surface area contributed by atoms with Crippen LogP contribution in [0.5, 0.6) is 5.75 Å². The predicted molar refractivity (Wildman–Crippen MR) is 90.4 cm³/mol. The van der Waals surface area contributed by atoms with Crippen LogP contribution in [0.25, 0.3) is 0 Å². The number of carbonyl (C=O) groups is 1. The highest BCUT2D eigenvalue weighted by Crippen LogP contribution is 2.30. The molecule has 1 amide bonds. The summed E-state index contributed by atoms with van der Waals surface area (Å²) in [7, 11) is 1.25. The number of nitrogens with one attached hydrogen (secondary N) is 1. The molecule has 2 aromatic carbocycles. The number of methoxy groups -OCH3 is 1. The van der Waals surface area contributed by atoms with Crippen molar-refractivity contribution in [2.75, 3.05) is 12.4 Å². The van der Waals surface area contributed by atoms with E-state index in [0.29, 0.717) is 11.4 Å². The van der Waals surface area contributed by atoms with Gasteiger partial charge in [0.25, 0.3) is 0 Å². The van der Waals surface area contributed by atoms with Gasteiger partial charge in [0, 0.05) is 5.56 Å². The number of ether oxygens (including phenoxy) is 2. The fourth-order valence-corrected chi connectivity index (χ4v) is 2.57. The molecule has 0 aromatic heterocycles. The first-order valence-corrected chi connectivity index (χ1v) is 7.73. The monoisotopic (exact) mass is 381 g/mol. The van der Waals surface area contributed by atoms with Gasteiger partial charge in [-0.15, -0.1) is 0 Å². The Morgan fingerprint density at radius 3 is 2.65 bits per heavy atom. The number of amides is 1. The van der Waals surface area contributed by atoms with Gasteiger partial charge in [0.05, 0.1) is 17.3 Å². The smallest absolute Gasteiger partial charge is 0.411 e. The van der Waals surface area contributed by atoms with E-state index in [0.717, 1.165) is 15.6 Å². The van der Waals surface area contributed by atoms with E-state index in [1.54, 1.807) is 6.07 Å². The highest BCUT2D eigenvalue weighted by molar-refractivity contribution is 9.10. The van der Waals surface area contributed by atoms with Crippen molar-refractivity contribution < 1.29 is 18.7 Å². The van der Waals surface area contributed by atoms with Crippen LogP contribution in [-0.4, -0.2) is 13.2 Å². The van der Waals surface area contributed by atoms with Gasteiger partial charge in [-0.3, -0.25) is 5.32 Å². The summed E-state index contributed by atoms with van der Waals surface area (Å²) >= 11 is 3.43. The Morgan fingerprint density at radius 2 is 1.96 bits per heavy atom. The van der Waals surface area contributed by atoms with Gasteiger partial charge >= 0.3 is 6.09 Å². The van der Waals surface area contributed by atoms with E-state index in [2.05, 4.69) is 26.0 Å². The SMILES string of the molecule is COC(=O)Nc1cccc(F)c1COc1cc(C)c(C)cc1Br. The van der Waals surface area contributed by atoms with Crippen LogP contribution in [0.15, 0.2) is 34.8 Å². The number of hydrogen-bond acceptors (Lipinski definition) is 3. The Balaban J connectivity index is 2.23. The fraction of sp³-hybridized carbons (Fsp3) is 0.235. The Morgan fingerprint density at radius 1 is 1.26 bits per heavy atom. The van der Waals surface area contributed by atoms with Gasteiger partial charge < -0.3 is 9.47 Å². The third kappa shape index (κ3) is 4.22. The minimum Gasteiger partial charge on any atom is -0.488 e.